The lowest BCUT2D eigenvalue weighted by Gasteiger charge is -2.24. The number of nitrogens with zero attached hydrogens (tertiary/aromatic N) is 2. The lowest BCUT2D eigenvalue weighted by atomic mass is 9.83. The number of aliphatic carboxylic acids is 1. The Morgan fingerprint density at radius 3 is 3.00 bits per heavy atom. The van der Waals surface area contributed by atoms with Gasteiger partial charge >= 0.3 is 5.97 Å². The van der Waals surface area contributed by atoms with Crippen LogP contribution in [0.1, 0.15) is 31.9 Å². The van der Waals surface area contributed by atoms with E-state index in [4.69, 9.17) is 4.74 Å². The molecule has 0 amide bonds. The fourth-order valence-corrected chi connectivity index (χ4v) is 2.95. The fraction of sp³-hybridized carbons (Fsp3) is 0.600. The standard InChI is InChI=1S/C15H22N2O3/c1-3-7-15(14(18)19)8-9-17(11-15)10-12-5-4-6-13(16-12)20-2/h4-6H,3,7-11H2,1-2H3,(H,18,19). The minimum absolute atomic E-state index is 0.576. The molecule has 110 valence electrons. The molecule has 5 heteroatoms. The number of hydrogen-bond donors (Lipinski definition) is 1. The number of pyridine rings is 1. The number of rotatable bonds is 6. The maximum atomic E-state index is 11.5. The third-order valence-corrected chi connectivity index (χ3v) is 3.99. The molecule has 0 aliphatic carbocycles. The Bertz CT molecular complexity index is 478. The first kappa shape index (κ1) is 14.8. The quantitative estimate of drug-likeness (QED) is 0.864. The highest BCUT2D eigenvalue weighted by Crippen LogP contribution is 2.36. The maximum absolute atomic E-state index is 11.5. The van der Waals surface area contributed by atoms with Gasteiger partial charge in [-0.15, -0.1) is 0 Å². The molecular weight excluding hydrogens is 256 g/mol. The molecule has 1 fully saturated rings. The molecule has 1 aromatic heterocycles. The van der Waals surface area contributed by atoms with Crippen molar-refractivity contribution in [1.82, 2.24) is 9.88 Å². The van der Waals surface area contributed by atoms with Crippen LogP contribution in [0.3, 0.4) is 0 Å². The molecule has 0 spiro atoms. The minimum atomic E-state index is -0.666. The molecule has 1 atom stereocenters. The van der Waals surface area contributed by atoms with Crippen molar-refractivity contribution in [3.8, 4) is 5.88 Å². The number of likely N-dealkylation sites (tertiary alicyclic amines) is 1. The third kappa shape index (κ3) is 3.10. The van der Waals surface area contributed by atoms with Gasteiger partial charge in [-0.1, -0.05) is 19.4 Å². The largest absolute Gasteiger partial charge is 0.481 e. The highest BCUT2D eigenvalue weighted by molar-refractivity contribution is 5.75. The summed E-state index contributed by atoms with van der Waals surface area (Å²) in [6, 6.07) is 5.67. The summed E-state index contributed by atoms with van der Waals surface area (Å²) in [5.41, 5.74) is 0.343. The van der Waals surface area contributed by atoms with Gasteiger partial charge < -0.3 is 9.84 Å². The van der Waals surface area contributed by atoms with Crippen LogP contribution >= 0.6 is 0 Å². The second-order valence-corrected chi connectivity index (χ2v) is 5.47. The molecule has 1 aliphatic heterocycles. The highest BCUT2D eigenvalue weighted by atomic mass is 16.5. The Morgan fingerprint density at radius 2 is 2.35 bits per heavy atom. The minimum Gasteiger partial charge on any atom is -0.481 e. The molecule has 2 heterocycles. The molecule has 20 heavy (non-hydrogen) atoms. The molecule has 1 N–H and O–H groups in total. The molecule has 5 nitrogen and oxygen atoms in total. The average Bonchev–Trinajstić information content (AvgIpc) is 2.84. The Labute approximate surface area is 119 Å². The zero-order chi connectivity index (χ0) is 14.6. The van der Waals surface area contributed by atoms with E-state index >= 15 is 0 Å². The SMILES string of the molecule is CCCC1(C(=O)O)CCN(Cc2cccc(OC)n2)C1. The van der Waals surface area contributed by atoms with Crippen LogP contribution < -0.4 is 4.74 Å². The van der Waals surface area contributed by atoms with E-state index < -0.39 is 11.4 Å². The van der Waals surface area contributed by atoms with Crippen molar-refractivity contribution in [2.75, 3.05) is 20.2 Å². The molecule has 1 unspecified atom stereocenters. The summed E-state index contributed by atoms with van der Waals surface area (Å²) in [7, 11) is 1.60. The topological polar surface area (TPSA) is 62.7 Å². The van der Waals surface area contributed by atoms with E-state index in [9.17, 15) is 9.90 Å². The van der Waals surface area contributed by atoms with Crippen LogP contribution in [0.4, 0.5) is 0 Å². The number of carboxylic acids is 1. The number of methoxy groups -OCH3 is 1. The average molecular weight is 278 g/mol. The van der Waals surface area contributed by atoms with Crippen LogP contribution in [0.5, 0.6) is 5.88 Å². The van der Waals surface area contributed by atoms with Gasteiger partial charge in [-0.25, -0.2) is 4.98 Å². The third-order valence-electron chi connectivity index (χ3n) is 3.99. The van der Waals surface area contributed by atoms with Gasteiger partial charge in [0.05, 0.1) is 18.2 Å². The monoisotopic (exact) mass is 278 g/mol. The smallest absolute Gasteiger partial charge is 0.310 e. The van der Waals surface area contributed by atoms with Gasteiger partial charge in [-0.3, -0.25) is 9.69 Å². The van der Waals surface area contributed by atoms with E-state index in [1.807, 2.05) is 25.1 Å². The Morgan fingerprint density at radius 1 is 1.55 bits per heavy atom. The van der Waals surface area contributed by atoms with Crippen molar-refractivity contribution in [2.24, 2.45) is 5.41 Å². The van der Waals surface area contributed by atoms with E-state index in [2.05, 4.69) is 9.88 Å². The van der Waals surface area contributed by atoms with Gasteiger partial charge in [-0.2, -0.15) is 0 Å². The van der Waals surface area contributed by atoms with E-state index in [1.54, 1.807) is 7.11 Å². The molecule has 2 rings (SSSR count). The summed E-state index contributed by atoms with van der Waals surface area (Å²) < 4.78 is 5.11. The molecule has 0 aromatic carbocycles. The van der Waals surface area contributed by atoms with Gasteiger partial charge in [-0.05, 0) is 25.5 Å². The zero-order valence-corrected chi connectivity index (χ0v) is 12.1. The van der Waals surface area contributed by atoms with Crippen molar-refractivity contribution in [1.29, 1.82) is 0 Å². The normalized spacial score (nSPS) is 22.9. The molecule has 0 bridgehead atoms. The van der Waals surface area contributed by atoms with Gasteiger partial charge in [0.1, 0.15) is 0 Å². The van der Waals surface area contributed by atoms with Crippen molar-refractivity contribution >= 4 is 5.97 Å². The van der Waals surface area contributed by atoms with Gasteiger partial charge in [0.2, 0.25) is 5.88 Å². The zero-order valence-electron chi connectivity index (χ0n) is 12.1. The summed E-state index contributed by atoms with van der Waals surface area (Å²) in [5.74, 6) is -0.0693. The number of carbonyl (C=O) groups is 1. The first-order chi connectivity index (χ1) is 9.59. The fourth-order valence-electron chi connectivity index (χ4n) is 2.95. The van der Waals surface area contributed by atoms with Crippen molar-refractivity contribution < 1.29 is 14.6 Å². The Kier molecular flexibility index (Phi) is 4.60. The summed E-state index contributed by atoms with van der Waals surface area (Å²) in [4.78, 5) is 18.1. The first-order valence-electron chi connectivity index (χ1n) is 7.05. The van der Waals surface area contributed by atoms with Gasteiger partial charge in [0, 0.05) is 19.2 Å². The van der Waals surface area contributed by atoms with Crippen molar-refractivity contribution in [3.05, 3.63) is 23.9 Å². The van der Waals surface area contributed by atoms with Crippen LogP contribution in [0.15, 0.2) is 18.2 Å². The molecule has 1 aliphatic rings. The predicted octanol–water partition coefficient (Wildman–Crippen LogP) is 2.17. The van der Waals surface area contributed by atoms with Crippen LogP contribution in [-0.4, -0.2) is 41.2 Å². The second-order valence-electron chi connectivity index (χ2n) is 5.47. The van der Waals surface area contributed by atoms with Crippen molar-refractivity contribution in [2.45, 2.75) is 32.7 Å². The van der Waals surface area contributed by atoms with Crippen LogP contribution in [0.2, 0.25) is 0 Å². The van der Waals surface area contributed by atoms with E-state index in [-0.39, 0.29) is 0 Å². The first-order valence-corrected chi connectivity index (χ1v) is 7.05. The number of aromatic nitrogens is 1. The predicted molar refractivity (Wildman–Crippen MR) is 75.7 cm³/mol. The van der Waals surface area contributed by atoms with Gasteiger partial charge in [0.15, 0.2) is 0 Å². The molecule has 1 saturated heterocycles. The number of hydrogen-bond acceptors (Lipinski definition) is 4. The Hall–Kier alpha value is -1.62. The number of carboxylic acid groups (broad SMARTS) is 1. The molecule has 0 saturated carbocycles. The summed E-state index contributed by atoms with van der Waals surface area (Å²) in [6.07, 6.45) is 2.36. The lowest BCUT2D eigenvalue weighted by Crippen LogP contribution is -2.34. The number of ether oxygens (including phenoxy) is 1. The second kappa shape index (κ2) is 6.22. The molecule has 0 radical (unpaired) electrons. The summed E-state index contributed by atoms with van der Waals surface area (Å²) in [5, 5.41) is 9.50. The van der Waals surface area contributed by atoms with Crippen LogP contribution in [-0.2, 0) is 11.3 Å². The summed E-state index contributed by atoms with van der Waals surface area (Å²) in [6.45, 7) is 4.13. The highest BCUT2D eigenvalue weighted by Gasteiger charge is 2.43. The molecular formula is C15H22N2O3. The van der Waals surface area contributed by atoms with Crippen LogP contribution in [0.25, 0.3) is 0 Å². The van der Waals surface area contributed by atoms with E-state index in [0.29, 0.717) is 19.0 Å². The molecule has 1 aromatic rings. The van der Waals surface area contributed by atoms with E-state index in [1.165, 1.54) is 0 Å². The van der Waals surface area contributed by atoms with Gasteiger partial charge in [0.25, 0.3) is 0 Å². The van der Waals surface area contributed by atoms with Crippen LogP contribution in [0, 0.1) is 5.41 Å². The Balaban J connectivity index is 2.03. The van der Waals surface area contributed by atoms with E-state index in [0.717, 1.165) is 31.5 Å². The maximum Gasteiger partial charge on any atom is 0.310 e. The lowest BCUT2D eigenvalue weighted by molar-refractivity contribution is -0.148. The summed E-state index contributed by atoms with van der Waals surface area (Å²) >= 11 is 0. The van der Waals surface area contributed by atoms with Crippen molar-refractivity contribution in [3.63, 3.8) is 0 Å².